The first-order chi connectivity index (χ1) is 7.88. The van der Waals surface area contributed by atoms with Crippen LogP contribution in [0.4, 0.5) is 0 Å². The predicted molar refractivity (Wildman–Crippen MR) is 73.3 cm³/mol. The molecule has 0 amide bonds. The van der Waals surface area contributed by atoms with Crippen molar-refractivity contribution in [2.75, 3.05) is 19.0 Å². The van der Waals surface area contributed by atoms with Crippen molar-refractivity contribution in [3.63, 3.8) is 0 Å². The summed E-state index contributed by atoms with van der Waals surface area (Å²) in [6, 6.07) is 0.842. The molecule has 96 valence electrons. The highest BCUT2D eigenvalue weighted by Crippen LogP contribution is 2.23. The molecule has 1 aliphatic carbocycles. The Kier molecular flexibility index (Phi) is 8.32. The van der Waals surface area contributed by atoms with E-state index in [-0.39, 0.29) is 0 Å². The highest BCUT2D eigenvalue weighted by Gasteiger charge is 2.19. The van der Waals surface area contributed by atoms with Gasteiger partial charge in [-0.1, -0.05) is 45.4 Å². The molecule has 0 aromatic heterocycles. The third-order valence-corrected chi connectivity index (χ3v) is 3.93. The molecule has 0 saturated heterocycles. The molecule has 16 heavy (non-hydrogen) atoms. The van der Waals surface area contributed by atoms with E-state index in [1.54, 1.807) is 0 Å². The zero-order valence-electron chi connectivity index (χ0n) is 10.9. The van der Waals surface area contributed by atoms with Crippen LogP contribution in [0.3, 0.4) is 0 Å². The Morgan fingerprint density at radius 1 is 1.00 bits per heavy atom. The molecule has 0 bridgehead atoms. The molecule has 1 nitrogen and oxygen atoms in total. The number of hydrogen-bond acceptors (Lipinski definition) is 1. The fraction of sp³-hybridized carbons (Fsp3) is 1.00. The van der Waals surface area contributed by atoms with Crippen molar-refractivity contribution in [1.82, 2.24) is 4.90 Å². The highest BCUT2D eigenvalue weighted by molar-refractivity contribution is 6.18. The maximum atomic E-state index is 5.91. The summed E-state index contributed by atoms with van der Waals surface area (Å²) in [5, 5.41) is 0. The molecule has 1 saturated carbocycles. The first-order valence-corrected chi connectivity index (χ1v) is 7.72. The molecule has 0 aromatic carbocycles. The van der Waals surface area contributed by atoms with Gasteiger partial charge in [0.25, 0.3) is 0 Å². The topological polar surface area (TPSA) is 3.24 Å². The largest absolute Gasteiger partial charge is 0.299 e. The van der Waals surface area contributed by atoms with Crippen LogP contribution in [-0.2, 0) is 0 Å². The van der Waals surface area contributed by atoms with E-state index >= 15 is 0 Å². The number of nitrogens with zero attached hydrogens (tertiary/aromatic N) is 1. The molecule has 0 heterocycles. The van der Waals surface area contributed by atoms with Crippen molar-refractivity contribution >= 4 is 11.6 Å². The van der Waals surface area contributed by atoms with Gasteiger partial charge in [0.2, 0.25) is 0 Å². The molecule has 0 spiro atoms. The summed E-state index contributed by atoms with van der Waals surface area (Å²) in [6.07, 6.45) is 12.6. The smallest absolute Gasteiger partial charge is 0.0351 e. The van der Waals surface area contributed by atoms with Gasteiger partial charge >= 0.3 is 0 Å². The van der Waals surface area contributed by atoms with Crippen LogP contribution in [0.1, 0.15) is 64.7 Å². The minimum atomic E-state index is 0.796. The Labute approximate surface area is 107 Å². The Morgan fingerprint density at radius 2 is 1.75 bits per heavy atom. The lowest BCUT2D eigenvalue weighted by Gasteiger charge is -2.34. The Balaban J connectivity index is 2.22. The van der Waals surface area contributed by atoms with Crippen molar-refractivity contribution < 1.29 is 0 Å². The Hall–Kier alpha value is 0.250. The van der Waals surface area contributed by atoms with Crippen LogP contribution in [0.15, 0.2) is 0 Å². The Morgan fingerprint density at radius 3 is 2.38 bits per heavy atom. The van der Waals surface area contributed by atoms with E-state index < -0.39 is 0 Å². The van der Waals surface area contributed by atoms with Crippen LogP contribution < -0.4 is 0 Å². The molecule has 1 fully saturated rings. The van der Waals surface area contributed by atoms with E-state index in [1.165, 1.54) is 64.3 Å². The molecular formula is C14H28ClN. The van der Waals surface area contributed by atoms with E-state index in [4.69, 9.17) is 11.6 Å². The minimum Gasteiger partial charge on any atom is -0.299 e. The summed E-state index contributed by atoms with van der Waals surface area (Å²) in [4.78, 5) is 2.65. The van der Waals surface area contributed by atoms with Crippen LogP contribution in [0.2, 0.25) is 0 Å². The normalized spacial score (nSPS) is 18.2. The van der Waals surface area contributed by atoms with Crippen molar-refractivity contribution in [3.05, 3.63) is 0 Å². The molecule has 0 radical (unpaired) electrons. The van der Waals surface area contributed by atoms with Crippen LogP contribution in [0, 0.1) is 0 Å². The van der Waals surface area contributed by atoms with Gasteiger partial charge in [0.05, 0.1) is 0 Å². The van der Waals surface area contributed by atoms with Crippen molar-refractivity contribution in [3.8, 4) is 0 Å². The van der Waals surface area contributed by atoms with Crippen molar-refractivity contribution in [2.24, 2.45) is 0 Å². The number of hydrogen-bond donors (Lipinski definition) is 0. The third kappa shape index (κ3) is 5.54. The second-order valence-electron chi connectivity index (χ2n) is 5.08. The summed E-state index contributed by atoms with van der Waals surface area (Å²) in [7, 11) is 0. The molecule has 0 N–H and O–H groups in total. The monoisotopic (exact) mass is 245 g/mol. The molecule has 0 unspecified atom stereocenters. The second-order valence-corrected chi connectivity index (χ2v) is 5.46. The quantitative estimate of drug-likeness (QED) is 0.451. The van der Waals surface area contributed by atoms with Gasteiger partial charge in [0.15, 0.2) is 0 Å². The summed E-state index contributed by atoms with van der Waals surface area (Å²) in [5.74, 6) is 0.796. The van der Waals surface area contributed by atoms with Gasteiger partial charge in [-0.25, -0.2) is 0 Å². The molecule has 0 aromatic rings. The maximum Gasteiger partial charge on any atom is 0.0351 e. The lowest BCUT2D eigenvalue weighted by molar-refractivity contribution is 0.161. The second kappa shape index (κ2) is 9.30. The summed E-state index contributed by atoms with van der Waals surface area (Å²) in [6.45, 7) is 4.65. The molecular weight excluding hydrogens is 218 g/mol. The van der Waals surface area contributed by atoms with Crippen LogP contribution in [0.25, 0.3) is 0 Å². The molecule has 0 aliphatic heterocycles. The van der Waals surface area contributed by atoms with E-state index in [1.807, 2.05) is 0 Å². The predicted octanol–water partition coefficient (Wildman–Crippen LogP) is 4.44. The Bertz CT molecular complexity index is 155. The lowest BCUT2D eigenvalue weighted by atomic mass is 9.94. The fourth-order valence-electron chi connectivity index (χ4n) is 2.77. The average molecular weight is 246 g/mol. The zero-order valence-corrected chi connectivity index (χ0v) is 11.6. The molecule has 2 heteroatoms. The van der Waals surface area contributed by atoms with Crippen molar-refractivity contribution in [2.45, 2.75) is 70.8 Å². The van der Waals surface area contributed by atoms with E-state index in [9.17, 15) is 0 Å². The van der Waals surface area contributed by atoms with Gasteiger partial charge in [0, 0.05) is 18.5 Å². The lowest BCUT2D eigenvalue weighted by Crippen LogP contribution is -2.38. The first-order valence-electron chi connectivity index (χ1n) is 7.18. The SMILES string of the molecule is CCCCCCN(CCCl)C1CCCCC1. The van der Waals surface area contributed by atoms with Gasteiger partial charge in [-0.2, -0.15) is 0 Å². The number of unbranched alkanes of at least 4 members (excludes halogenated alkanes) is 3. The first kappa shape index (κ1) is 14.3. The summed E-state index contributed by atoms with van der Waals surface area (Å²) in [5.41, 5.74) is 0. The molecule has 0 atom stereocenters. The molecule has 1 aliphatic rings. The average Bonchev–Trinajstić information content (AvgIpc) is 2.34. The van der Waals surface area contributed by atoms with Gasteiger partial charge in [-0.3, -0.25) is 4.90 Å². The third-order valence-electron chi connectivity index (χ3n) is 3.76. The molecule has 1 rings (SSSR count). The number of alkyl halides is 1. The van der Waals surface area contributed by atoms with Gasteiger partial charge < -0.3 is 0 Å². The summed E-state index contributed by atoms with van der Waals surface area (Å²) < 4.78 is 0. The summed E-state index contributed by atoms with van der Waals surface area (Å²) >= 11 is 5.91. The van der Waals surface area contributed by atoms with E-state index in [0.717, 1.165) is 18.5 Å². The van der Waals surface area contributed by atoms with Gasteiger partial charge in [-0.05, 0) is 25.8 Å². The highest BCUT2D eigenvalue weighted by atomic mass is 35.5. The van der Waals surface area contributed by atoms with Crippen LogP contribution in [0.5, 0.6) is 0 Å². The minimum absolute atomic E-state index is 0.796. The van der Waals surface area contributed by atoms with Crippen molar-refractivity contribution in [1.29, 1.82) is 0 Å². The number of halogens is 1. The van der Waals surface area contributed by atoms with Gasteiger partial charge in [-0.15, -0.1) is 11.6 Å². The maximum absolute atomic E-state index is 5.91. The van der Waals surface area contributed by atoms with Crippen LogP contribution in [-0.4, -0.2) is 29.9 Å². The van der Waals surface area contributed by atoms with E-state index in [0.29, 0.717) is 0 Å². The standard InChI is InChI=1S/C14H28ClN/c1-2-3-4-8-12-16(13-11-15)14-9-6-5-7-10-14/h14H,2-13H2,1H3. The number of rotatable bonds is 8. The van der Waals surface area contributed by atoms with Crippen LogP contribution >= 0.6 is 11.6 Å². The zero-order chi connectivity index (χ0) is 11.6. The van der Waals surface area contributed by atoms with E-state index in [2.05, 4.69) is 11.8 Å². The fourth-order valence-corrected chi connectivity index (χ4v) is 2.99. The van der Waals surface area contributed by atoms with Gasteiger partial charge in [0.1, 0.15) is 0 Å².